The Labute approximate surface area is 111 Å². The number of benzene rings is 2. The molecule has 0 atom stereocenters. The van der Waals surface area contributed by atoms with Gasteiger partial charge in [0.05, 0.1) is 0 Å². The highest BCUT2D eigenvalue weighted by atomic mass is 31.2. The monoisotopic (exact) mass is 278 g/mol. The number of rotatable bonds is 4. The predicted octanol–water partition coefficient (Wildman–Crippen LogP) is 2.50. The molecule has 2 aromatic rings. The Morgan fingerprint density at radius 1 is 0.947 bits per heavy atom. The van der Waals surface area contributed by atoms with Gasteiger partial charge in [0, 0.05) is 0 Å². The highest BCUT2D eigenvalue weighted by Crippen LogP contribution is 2.31. The van der Waals surface area contributed by atoms with E-state index < -0.39 is 14.6 Å². The Hall–Kier alpha value is -1.94. The van der Waals surface area contributed by atoms with Crippen molar-refractivity contribution in [2.75, 3.05) is 0 Å². The van der Waals surface area contributed by atoms with E-state index in [2.05, 4.69) is 0 Å². The number of ether oxygens (including phenoxy) is 1. The highest BCUT2D eigenvalue weighted by Gasteiger charge is 2.16. The second-order valence-electron chi connectivity index (χ2n) is 3.54. The molecule has 0 saturated heterocycles. The summed E-state index contributed by atoms with van der Waals surface area (Å²) in [6, 6.07) is 14.8. The normalized spacial score (nSPS) is 10.3. The summed E-state index contributed by atoms with van der Waals surface area (Å²) in [4.78, 5) is 29.7. The third-order valence-corrected chi connectivity index (χ3v) is 2.60. The molecule has 0 aliphatic heterocycles. The van der Waals surface area contributed by atoms with Crippen molar-refractivity contribution in [1.82, 2.24) is 0 Å². The maximum atomic E-state index is 12.0. The molecular weight excluding hydrogens is 267 g/mol. The number of para-hydroxylation sites is 2. The lowest BCUT2D eigenvalue weighted by atomic mass is 10.2. The highest BCUT2D eigenvalue weighted by molar-refractivity contribution is 7.39. The summed E-state index contributed by atoms with van der Waals surface area (Å²) < 4.78 is 9.93. The number of hydrogen-bond acceptors (Lipinski definition) is 5. The van der Waals surface area contributed by atoms with Crippen molar-refractivity contribution < 1.29 is 23.8 Å². The minimum atomic E-state index is -2.58. The Morgan fingerprint density at radius 2 is 1.58 bits per heavy atom. The molecule has 2 N–H and O–H groups in total. The molecule has 5 nitrogen and oxygen atoms in total. The van der Waals surface area contributed by atoms with Crippen molar-refractivity contribution >= 4 is 14.6 Å². The summed E-state index contributed by atoms with van der Waals surface area (Å²) in [5, 5.41) is 0. The molecule has 0 spiro atoms. The van der Waals surface area contributed by atoms with E-state index >= 15 is 0 Å². The first-order valence-corrected chi connectivity index (χ1v) is 6.55. The lowest BCUT2D eigenvalue weighted by Crippen LogP contribution is -2.09. The molecule has 2 rings (SSSR count). The second kappa shape index (κ2) is 6.29. The number of esters is 1. The van der Waals surface area contributed by atoms with Crippen LogP contribution in [0.4, 0.5) is 0 Å². The van der Waals surface area contributed by atoms with Crippen LogP contribution in [0, 0.1) is 0 Å². The SMILES string of the molecule is O=C(Oc1ccccc1)c1ccccc1OP(O)O. The van der Waals surface area contributed by atoms with E-state index in [1.54, 1.807) is 42.5 Å². The fourth-order valence-corrected chi connectivity index (χ4v) is 1.79. The third kappa shape index (κ3) is 3.76. The van der Waals surface area contributed by atoms with Gasteiger partial charge < -0.3 is 19.0 Å². The molecule has 2 aromatic carbocycles. The van der Waals surface area contributed by atoms with Crippen LogP contribution in [0.5, 0.6) is 11.5 Å². The molecular formula is C13H11O5P. The lowest BCUT2D eigenvalue weighted by molar-refractivity contribution is 0.0733. The molecule has 0 aliphatic carbocycles. The molecule has 6 heteroatoms. The zero-order valence-electron chi connectivity index (χ0n) is 9.76. The molecule has 0 unspecified atom stereocenters. The molecule has 0 aliphatic rings. The van der Waals surface area contributed by atoms with E-state index in [0.717, 1.165) is 0 Å². The molecule has 0 bridgehead atoms. The summed E-state index contributed by atoms with van der Waals surface area (Å²) in [5.74, 6) is -0.157. The van der Waals surface area contributed by atoms with Crippen LogP contribution in [0.2, 0.25) is 0 Å². The quantitative estimate of drug-likeness (QED) is 0.510. The van der Waals surface area contributed by atoms with E-state index in [1.807, 2.05) is 0 Å². The largest absolute Gasteiger partial charge is 0.426 e. The van der Waals surface area contributed by atoms with Gasteiger partial charge in [0.2, 0.25) is 0 Å². The Kier molecular flexibility index (Phi) is 4.47. The zero-order chi connectivity index (χ0) is 13.7. The van der Waals surface area contributed by atoms with E-state index in [0.29, 0.717) is 5.75 Å². The first-order chi connectivity index (χ1) is 9.16. The minimum absolute atomic E-state index is 0.0690. The van der Waals surface area contributed by atoms with Gasteiger partial charge in [-0.3, -0.25) is 0 Å². The van der Waals surface area contributed by atoms with Gasteiger partial charge in [-0.1, -0.05) is 30.3 Å². The number of carbonyl (C=O) groups excluding carboxylic acids is 1. The lowest BCUT2D eigenvalue weighted by Gasteiger charge is -2.10. The second-order valence-corrected chi connectivity index (χ2v) is 4.23. The van der Waals surface area contributed by atoms with Crippen LogP contribution in [0.1, 0.15) is 10.4 Å². The van der Waals surface area contributed by atoms with Gasteiger partial charge in [0.25, 0.3) is 0 Å². The van der Waals surface area contributed by atoms with Gasteiger partial charge in [0.1, 0.15) is 17.1 Å². The summed E-state index contributed by atoms with van der Waals surface area (Å²) in [6.07, 6.45) is 0. The molecule has 0 amide bonds. The number of carbonyl (C=O) groups is 1. The number of hydrogen-bond donors (Lipinski definition) is 2. The van der Waals surface area contributed by atoms with Crippen molar-refractivity contribution in [2.45, 2.75) is 0 Å². The van der Waals surface area contributed by atoms with Crippen LogP contribution in [-0.4, -0.2) is 15.8 Å². The van der Waals surface area contributed by atoms with Crippen molar-refractivity contribution in [3.05, 3.63) is 60.2 Å². The van der Waals surface area contributed by atoms with Gasteiger partial charge in [-0.05, 0) is 24.3 Å². The summed E-state index contributed by atoms with van der Waals surface area (Å²) in [7, 11) is -2.58. The van der Waals surface area contributed by atoms with Crippen LogP contribution >= 0.6 is 8.60 Å². The zero-order valence-corrected chi connectivity index (χ0v) is 10.7. The van der Waals surface area contributed by atoms with Crippen LogP contribution in [0.3, 0.4) is 0 Å². The topological polar surface area (TPSA) is 76.0 Å². The average molecular weight is 278 g/mol. The Balaban J connectivity index is 2.19. The molecule has 0 heterocycles. The van der Waals surface area contributed by atoms with Gasteiger partial charge in [-0.15, -0.1) is 0 Å². The van der Waals surface area contributed by atoms with E-state index in [1.165, 1.54) is 12.1 Å². The molecule has 0 saturated carbocycles. The first-order valence-electron chi connectivity index (χ1n) is 5.39. The predicted molar refractivity (Wildman–Crippen MR) is 69.8 cm³/mol. The average Bonchev–Trinajstić information content (AvgIpc) is 2.39. The summed E-state index contributed by atoms with van der Waals surface area (Å²) in [5.41, 5.74) is 0.127. The molecule has 98 valence electrons. The van der Waals surface area contributed by atoms with E-state index in [9.17, 15) is 4.79 Å². The van der Waals surface area contributed by atoms with Crippen LogP contribution < -0.4 is 9.26 Å². The maximum absolute atomic E-state index is 12.0. The Bertz CT molecular complexity index is 556. The summed E-state index contributed by atoms with van der Waals surface area (Å²) >= 11 is 0. The summed E-state index contributed by atoms with van der Waals surface area (Å²) in [6.45, 7) is 0. The van der Waals surface area contributed by atoms with Gasteiger partial charge in [-0.2, -0.15) is 0 Å². The Morgan fingerprint density at radius 3 is 2.26 bits per heavy atom. The molecule has 0 aromatic heterocycles. The molecule has 0 radical (unpaired) electrons. The molecule has 0 fully saturated rings. The van der Waals surface area contributed by atoms with Crippen molar-refractivity contribution in [1.29, 1.82) is 0 Å². The third-order valence-electron chi connectivity index (χ3n) is 2.24. The van der Waals surface area contributed by atoms with E-state index in [-0.39, 0.29) is 11.3 Å². The first kappa shape index (κ1) is 13.5. The van der Waals surface area contributed by atoms with Crippen molar-refractivity contribution in [3.8, 4) is 11.5 Å². The maximum Gasteiger partial charge on any atom is 0.391 e. The van der Waals surface area contributed by atoms with Crippen molar-refractivity contribution in [2.24, 2.45) is 0 Å². The standard InChI is InChI=1S/C13H11O5P/c14-13(17-10-6-2-1-3-7-10)11-8-4-5-9-12(11)18-19(15)16/h1-9,15-16H. The van der Waals surface area contributed by atoms with Crippen LogP contribution in [-0.2, 0) is 0 Å². The fourth-order valence-electron chi connectivity index (χ4n) is 1.45. The smallest absolute Gasteiger partial charge is 0.391 e. The van der Waals surface area contributed by atoms with E-state index in [4.69, 9.17) is 19.0 Å². The van der Waals surface area contributed by atoms with Gasteiger partial charge in [-0.25, -0.2) is 4.79 Å². The molecule has 19 heavy (non-hydrogen) atoms. The fraction of sp³-hybridized carbons (Fsp3) is 0. The van der Waals surface area contributed by atoms with Crippen LogP contribution in [0.15, 0.2) is 54.6 Å². The van der Waals surface area contributed by atoms with Crippen molar-refractivity contribution in [3.63, 3.8) is 0 Å². The van der Waals surface area contributed by atoms with Gasteiger partial charge in [0.15, 0.2) is 0 Å². The van der Waals surface area contributed by atoms with Crippen LogP contribution in [0.25, 0.3) is 0 Å². The van der Waals surface area contributed by atoms with Gasteiger partial charge >= 0.3 is 14.6 Å². The minimum Gasteiger partial charge on any atom is -0.426 e.